The van der Waals surface area contributed by atoms with E-state index >= 15 is 0 Å². The van der Waals surface area contributed by atoms with E-state index in [-0.39, 0.29) is 5.13 Å². The molecule has 29 heavy (non-hydrogen) atoms. The molecule has 0 aliphatic carbocycles. The topological polar surface area (TPSA) is 80.3 Å². The van der Waals surface area contributed by atoms with Crippen LogP contribution in [0.2, 0.25) is 0 Å². The number of thiazole rings is 1. The first-order chi connectivity index (χ1) is 13.3. The second-order valence-electron chi connectivity index (χ2n) is 5.67. The molecule has 0 aliphatic rings. The molecular weight excluding hydrogens is 428 g/mol. The number of esters is 1. The Hall–Kier alpha value is -2.83. The number of hydrogen-bond acceptors (Lipinski definition) is 6. The predicted molar refractivity (Wildman–Crippen MR) is 90.2 cm³/mol. The Kier molecular flexibility index (Phi) is 6.11. The molecule has 2 aromatic rings. The highest BCUT2D eigenvalue weighted by Crippen LogP contribution is 2.35. The van der Waals surface area contributed by atoms with Crippen LogP contribution >= 0.6 is 11.3 Å². The van der Waals surface area contributed by atoms with Crippen LogP contribution < -0.4 is 10.6 Å². The van der Waals surface area contributed by atoms with E-state index in [1.54, 1.807) is 5.32 Å². The van der Waals surface area contributed by atoms with E-state index in [1.165, 1.54) is 18.4 Å². The highest BCUT2D eigenvalue weighted by atomic mass is 32.1. The van der Waals surface area contributed by atoms with Crippen LogP contribution in [0.25, 0.3) is 0 Å². The molecule has 0 spiro atoms. The summed E-state index contributed by atoms with van der Waals surface area (Å²) in [5.41, 5.74) is -5.77. The van der Waals surface area contributed by atoms with Crippen molar-refractivity contribution < 1.29 is 40.7 Å². The molecule has 0 radical (unpaired) electrons. The molecule has 0 fully saturated rings. The van der Waals surface area contributed by atoms with Gasteiger partial charge in [0.2, 0.25) is 0 Å². The number of methoxy groups -OCH3 is 1. The zero-order chi connectivity index (χ0) is 22.0. The lowest BCUT2D eigenvalue weighted by Crippen LogP contribution is -2.69. The van der Waals surface area contributed by atoms with Crippen molar-refractivity contribution in [2.24, 2.45) is 0 Å². The Balaban J connectivity index is 2.49. The number of anilines is 1. The Morgan fingerprint density at radius 1 is 1.14 bits per heavy atom. The van der Waals surface area contributed by atoms with Crippen LogP contribution in [0.15, 0.2) is 30.5 Å². The SMILES string of the molecule is COC(=O)C(NC(=O)c1cccc(C(F)(F)F)c1)(Nc1ncc(C)s1)C(F)(F)F. The molecule has 2 rings (SSSR count). The van der Waals surface area contributed by atoms with Crippen molar-refractivity contribution in [3.8, 4) is 0 Å². The summed E-state index contributed by atoms with van der Waals surface area (Å²) in [6.07, 6.45) is -9.03. The first kappa shape index (κ1) is 22.5. The third-order valence-corrected chi connectivity index (χ3v) is 4.41. The van der Waals surface area contributed by atoms with Crippen molar-refractivity contribution in [2.45, 2.75) is 24.9 Å². The fourth-order valence-electron chi connectivity index (χ4n) is 2.20. The third kappa shape index (κ3) is 4.78. The summed E-state index contributed by atoms with van der Waals surface area (Å²) >= 11 is 0.757. The number of hydrogen-bond donors (Lipinski definition) is 2. The number of carbonyl (C=O) groups is 2. The summed E-state index contributed by atoms with van der Waals surface area (Å²) in [7, 11) is 0.661. The zero-order valence-corrected chi connectivity index (χ0v) is 15.6. The molecule has 158 valence electrons. The number of ether oxygens (including phenoxy) is 1. The van der Waals surface area contributed by atoms with Crippen LogP contribution in [0, 0.1) is 6.92 Å². The molecule has 1 aromatic carbocycles. The standard InChI is InChI=1S/C16H13F6N3O3S/c1-8-7-23-13(29-8)25-14(12(27)28-2,16(20,21)22)24-11(26)9-4-3-5-10(6-9)15(17,18)19/h3-7H,1-2H3,(H,23,25)(H,24,26). The molecule has 6 nitrogen and oxygen atoms in total. The molecular formula is C16H13F6N3O3S. The van der Waals surface area contributed by atoms with E-state index in [1.807, 2.05) is 0 Å². The minimum absolute atomic E-state index is 0.362. The Labute approximate surface area is 163 Å². The number of benzene rings is 1. The molecule has 1 aromatic heterocycles. The van der Waals surface area contributed by atoms with Gasteiger partial charge in [-0.15, -0.1) is 11.3 Å². The highest BCUT2D eigenvalue weighted by molar-refractivity contribution is 7.15. The van der Waals surface area contributed by atoms with E-state index in [9.17, 15) is 35.9 Å². The molecule has 1 atom stereocenters. The quantitative estimate of drug-likeness (QED) is 0.420. The molecule has 2 N–H and O–H groups in total. The van der Waals surface area contributed by atoms with Crippen LogP contribution in [0.1, 0.15) is 20.8 Å². The molecule has 0 saturated carbocycles. The van der Waals surface area contributed by atoms with Crippen LogP contribution in [-0.2, 0) is 15.7 Å². The van der Waals surface area contributed by atoms with Gasteiger partial charge in [0.1, 0.15) is 0 Å². The van der Waals surface area contributed by atoms with E-state index in [2.05, 4.69) is 9.72 Å². The minimum atomic E-state index is -5.43. The van der Waals surface area contributed by atoms with Crippen LogP contribution in [0.3, 0.4) is 0 Å². The molecule has 0 saturated heterocycles. The fourth-order valence-corrected chi connectivity index (χ4v) is 2.92. The number of aromatic nitrogens is 1. The second kappa shape index (κ2) is 7.89. The monoisotopic (exact) mass is 441 g/mol. The summed E-state index contributed by atoms with van der Waals surface area (Å²) < 4.78 is 84.3. The summed E-state index contributed by atoms with van der Waals surface area (Å²) in [6, 6.07) is 2.73. The summed E-state index contributed by atoms with van der Waals surface area (Å²) in [6.45, 7) is 1.54. The van der Waals surface area contributed by atoms with Gasteiger partial charge in [-0.1, -0.05) is 6.07 Å². The first-order valence-corrected chi connectivity index (χ1v) is 8.47. The molecule has 0 aliphatic heterocycles. The summed E-state index contributed by atoms with van der Waals surface area (Å²) in [5, 5.41) is 2.86. The van der Waals surface area contributed by atoms with Gasteiger partial charge in [-0.05, 0) is 25.1 Å². The highest BCUT2D eigenvalue weighted by Gasteiger charge is 2.64. The van der Waals surface area contributed by atoms with Crippen molar-refractivity contribution in [3.63, 3.8) is 0 Å². The number of halogens is 6. The Morgan fingerprint density at radius 3 is 2.28 bits per heavy atom. The number of alkyl halides is 6. The van der Waals surface area contributed by atoms with Crippen LogP contribution in [0.5, 0.6) is 0 Å². The maximum atomic E-state index is 13.9. The van der Waals surface area contributed by atoms with Crippen molar-refractivity contribution in [3.05, 3.63) is 46.5 Å². The van der Waals surface area contributed by atoms with Gasteiger partial charge >= 0.3 is 24.0 Å². The van der Waals surface area contributed by atoms with Crippen molar-refractivity contribution >= 4 is 28.3 Å². The molecule has 1 unspecified atom stereocenters. The minimum Gasteiger partial charge on any atom is -0.466 e. The predicted octanol–water partition coefficient (Wildman–Crippen LogP) is 3.74. The van der Waals surface area contributed by atoms with Crippen LogP contribution in [0.4, 0.5) is 31.5 Å². The first-order valence-electron chi connectivity index (χ1n) is 7.65. The second-order valence-corrected chi connectivity index (χ2v) is 6.91. The number of carbonyl (C=O) groups excluding carboxylic acids is 2. The van der Waals surface area contributed by atoms with Gasteiger partial charge < -0.3 is 15.4 Å². The average molecular weight is 441 g/mol. The fraction of sp³-hybridized carbons (Fsp3) is 0.312. The van der Waals surface area contributed by atoms with Crippen molar-refractivity contribution in [2.75, 3.05) is 12.4 Å². The smallest absolute Gasteiger partial charge is 0.442 e. The normalized spacial score (nSPS) is 14.1. The van der Waals surface area contributed by atoms with Crippen molar-refractivity contribution in [1.29, 1.82) is 0 Å². The van der Waals surface area contributed by atoms with Gasteiger partial charge in [-0.3, -0.25) is 4.79 Å². The van der Waals surface area contributed by atoms with E-state index in [0.29, 0.717) is 24.1 Å². The maximum absolute atomic E-state index is 13.9. The van der Waals surface area contributed by atoms with Gasteiger partial charge in [0.05, 0.1) is 12.7 Å². The van der Waals surface area contributed by atoms with Gasteiger partial charge in [0, 0.05) is 16.6 Å². The van der Waals surface area contributed by atoms with Crippen molar-refractivity contribution in [1.82, 2.24) is 10.3 Å². The van der Waals surface area contributed by atoms with E-state index in [4.69, 9.17) is 0 Å². The van der Waals surface area contributed by atoms with Gasteiger partial charge in [-0.2, -0.15) is 26.3 Å². The molecule has 1 heterocycles. The number of amides is 1. The average Bonchev–Trinajstić information content (AvgIpc) is 3.03. The number of nitrogens with zero attached hydrogens (tertiary/aromatic N) is 1. The lowest BCUT2D eigenvalue weighted by molar-refractivity contribution is -0.203. The largest absolute Gasteiger partial charge is 0.466 e. The van der Waals surface area contributed by atoms with E-state index in [0.717, 1.165) is 23.5 Å². The molecule has 13 heteroatoms. The zero-order valence-electron chi connectivity index (χ0n) is 14.7. The van der Waals surface area contributed by atoms with E-state index < -0.39 is 41.0 Å². The number of nitrogens with one attached hydrogen (secondary N) is 2. The van der Waals surface area contributed by atoms with Gasteiger partial charge in [0.15, 0.2) is 5.13 Å². The Bertz CT molecular complexity index is 912. The maximum Gasteiger partial charge on any atom is 0.442 e. The summed E-state index contributed by atoms with van der Waals surface area (Å²) in [4.78, 5) is 28.6. The lowest BCUT2D eigenvalue weighted by Gasteiger charge is -2.34. The Morgan fingerprint density at radius 2 is 1.79 bits per heavy atom. The number of rotatable bonds is 5. The summed E-state index contributed by atoms with van der Waals surface area (Å²) in [5.74, 6) is -3.52. The molecule has 1 amide bonds. The molecule has 0 bridgehead atoms. The van der Waals surface area contributed by atoms with Gasteiger partial charge in [-0.25, -0.2) is 9.78 Å². The lowest BCUT2D eigenvalue weighted by atomic mass is 10.1. The van der Waals surface area contributed by atoms with Crippen LogP contribution in [-0.4, -0.2) is 35.8 Å². The van der Waals surface area contributed by atoms with Gasteiger partial charge in [0.25, 0.3) is 5.91 Å². The number of aryl methyl sites for hydroxylation is 1. The third-order valence-electron chi connectivity index (χ3n) is 3.59.